The van der Waals surface area contributed by atoms with E-state index in [1.165, 1.54) is 0 Å². The Balaban J connectivity index is 3.23. The van der Waals surface area contributed by atoms with Crippen molar-refractivity contribution in [1.29, 1.82) is 0 Å². The van der Waals surface area contributed by atoms with Gasteiger partial charge in [-0.05, 0) is 12.5 Å². The summed E-state index contributed by atoms with van der Waals surface area (Å²) in [5.74, 6) is -2.69. The molecule has 0 bridgehead atoms. The first kappa shape index (κ1) is 21.8. The lowest BCUT2D eigenvalue weighted by atomic mass is 10.0. The molecule has 0 heterocycles. The van der Waals surface area contributed by atoms with Gasteiger partial charge < -0.3 is 14.8 Å². The molecule has 2 atom stereocenters. The molecule has 0 unspecified atom stereocenters. The highest BCUT2D eigenvalue weighted by Crippen LogP contribution is 2.25. The summed E-state index contributed by atoms with van der Waals surface area (Å²) in [4.78, 5) is 33.1. The predicted molar refractivity (Wildman–Crippen MR) is 94.8 cm³/mol. The summed E-state index contributed by atoms with van der Waals surface area (Å²) in [5, 5.41) is 2.30. The van der Waals surface area contributed by atoms with E-state index in [0.29, 0.717) is 5.56 Å². The molecule has 1 amide bonds. The lowest BCUT2D eigenvalue weighted by Gasteiger charge is -2.27. The Morgan fingerprint density at radius 3 is 2.08 bits per heavy atom. The molecule has 0 saturated carbocycles. The third kappa shape index (κ3) is 6.90. The van der Waals surface area contributed by atoms with E-state index in [1.807, 2.05) is 0 Å². The van der Waals surface area contributed by atoms with Crippen LogP contribution in [0.4, 0.5) is 0 Å². The number of hydrogen-bond donors (Lipinski definition) is 1. The number of rotatable bonds is 8. The Kier molecular flexibility index (Phi) is 9.35. The number of amides is 1. The first-order valence-electron chi connectivity index (χ1n) is 7.06. The third-order valence-corrected chi connectivity index (χ3v) is 3.64. The zero-order valence-corrected chi connectivity index (χ0v) is 16.0. The highest BCUT2D eigenvalue weighted by molar-refractivity contribution is 6.53. The van der Waals surface area contributed by atoms with E-state index < -0.39 is 39.7 Å². The number of halogens is 4. The van der Waals surface area contributed by atoms with Crippen molar-refractivity contribution in [3.8, 4) is 0 Å². The lowest BCUT2D eigenvalue weighted by molar-refractivity contribution is -0.159. The number of esters is 2. The van der Waals surface area contributed by atoms with Gasteiger partial charge in [-0.25, -0.2) is 9.59 Å². The number of carbonyl (C=O) groups is 3. The predicted octanol–water partition coefficient (Wildman–Crippen LogP) is 2.93. The summed E-state index contributed by atoms with van der Waals surface area (Å²) in [6.07, 6.45) is -1.25. The van der Waals surface area contributed by atoms with Gasteiger partial charge in [0.2, 0.25) is 4.84 Å². The van der Waals surface area contributed by atoms with Gasteiger partial charge in [0.25, 0.3) is 5.91 Å². The van der Waals surface area contributed by atoms with Crippen LogP contribution in [-0.2, 0) is 23.9 Å². The van der Waals surface area contributed by atoms with Crippen molar-refractivity contribution in [3.63, 3.8) is 0 Å². The van der Waals surface area contributed by atoms with Crippen LogP contribution in [0.3, 0.4) is 0 Å². The number of nitrogens with one attached hydrogen (secondary N) is 1. The molecular weight excluding hydrogens is 416 g/mol. The average molecular weight is 431 g/mol. The summed E-state index contributed by atoms with van der Waals surface area (Å²) in [7, 11) is 0. The van der Waals surface area contributed by atoms with E-state index in [9.17, 15) is 14.4 Å². The zero-order valence-electron chi connectivity index (χ0n) is 13.0. The minimum atomic E-state index is -1.47. The molecule has 6 nitrogen and oxygen atoms in total. The Bertz CT molecular complexity index is 597. The normalized spacial score (nSPS) is 13.2. The fourth-order valence-corrected chi connectivity index (χ4v) is 2.08. The molecule has 0 radical (unpaired) electrons. The maximum atomic E-state index is 12.3. The molecule has 1 rings (SSSR count). The van der Waals surface area contributed by atoms with Crippen LogP contribution in [0.2, 0.25) is 0 Å². The maximum absolute atomic E-state index is 12.3. The molecule has 1 aromatic carbocycles. The van der Waals surface area contributed by atoms with E-state index in [-0.39, 0.29) is 6.61 Å². The second kappa shape index (κ2) is 10.7. The van der Waals surface area contributed by atoms with Gasteiger partial charge in [-0.3, -0.25) is 4.79 Å². The molecule has 0 aliphatic rings. The quantitative estimate of drug-likeness (QED) is 0.506. The van der Waals surface area contributed by atoms with Crippen molar-refractivity contribution in [2.75, 3.05) is 6.61 Å². The Morgan fingerprint density at radius 1 is 1.00 bits per heavy atom. The lowest BCUT2D eigenvalue weighted by Crippen LogP contribution is -2.49. The smallest absolute Gasteiger partial charge is 0.340 e. The second-order valence-electron chi connectivity index (χ2n) is 4.61. The third-order valence-electron chi connectivity index (χ3n) is 2.89. The van der Waals surface area contributed by atoms with Crippen molar-refractivity contribution >= 4 is 64.2 Å². The number of alkyl halides is 4. The van der Waals surface area contributed by atoms with Gasteiger partial charge >= 0.3 is 11.9 Å². The summed E-state index contributed by atoms with van der Waals surface area (Å²) >= 11 is 22.0. The van der Waals surface area contributed by atoms with Crippen molar-refractivity contribution in [1.82, 2.24) is 5.32 Å². The molecular formula is C15H15Cl4NO5. The molecule has 0 saturated heterocycles. The fourth-order valence-electron chi connectivity index (χ4n) is 1.85. The minimum absolute atomic E-state index is 0.0411. The second-order valence-corrected chi connectivity index (χ2v) is 6.80. The van der Waals surface area contributed by atoms with Gasteiger partial charge in [0.1, 0.15) is 0 Å². The summed E-state index contributed by atoms with van der Waals surface area (Å²) in [6, 6.07) is 6.82. The maximum Gasteiger partial charge on any atom is 0.340 e. The molecule has 0 aliphatic carbocycles. The Labute approximate surface area is 164 Å². The zero-order chi connectivity index (χ0) is 19.0. The van der Waals surface area contributed by atoms with Gasteiger partial charge in [-0.1, -0.05) is 76.7 Å². The van der Waals surface area contributed by atoms with Crippen LogP contribution in [0.15, 0.2) is 30.3 Å². The highest BCUT2D eigenvalue weighted by Gasteiger charge is 2.37. The molecule has 0 aliphatic heterocycles. The van der Waals surface area contributed by atoms with E-state index >= 15 is 0 Å². The number of ether oxygens (including phenoxy) is 2. The van der Waals surface area contributed by atoms with E-state index in [2.05, 4.69) is 5.32 Å². The molecule has 0 fully saturated rings. The van der Waals surface area contributed by atoms with Gasteiger partial charge in [-0.2, -0.15) is 0 Å². The Hall–Kier alpha value is -1.21. The topological polar surface area (TPSA) is 81.7 Å². The van der Waals surface area contributed by atoms with Crippen LogP contribution in [0, 0.1) is 0 Å². The van der Waals surface area contributed by atoms with Gasteiger partial charge in [-0.15, -0.1) is 0 Å². The van der Waals surface area contributed by atoms with Crippen molar-refractivity contribution in [3.05, 3.63) is 35.9 Å². The van der Waals surface area contributed by atoms with E-state index in [4.69, 9.17) is 55.9 Å². The van der Waals surface area contributed by atoms with Crippen LogP contribution in [-0.4, -0.2) is 40.2 Å². The molecule has 0 spiro atoms. The van der Waals surface area contributed by atoms with E-state index in [1.54, 1.807) is 37.3 Å². The summed E-state index contributed by atoms with van der Waals surface area (Å²) in [5.41, 5.74) is 0.406. The summed E-state index contributed by atoms with van der Waals surface area (Å²) in [6.45, 7) is 1.62. The standard InChI is InChI=1S/C15H15Cl4NO5/c1-2-24-14(22)9(20-13(21)11(16)17)10(25-15(23)12(18)19)8-6-4-3-5-7-8/h3-7,9-12H,2H2,1H3,(H,20,21)/t9-,10-/m0/s1. The molecule has 10 heteroatoms. The largest absolute Gasteiger partial charge is 0.464 e. The monoisotopic (exact) mass is 429 g/mol. The molecule has 0 aromatic heterocycles. The fraction of sp³-hybridized carbons (Fsp3) is 0.400. The first-order valence-corrected chi connectivity index (χ1v) is 8.81. The van der Waals surface area contributed by atoms with E-state index in [0.717, 1.165) is 0 Å². The van der Waals surface area contributed by atoms with Crippen LogP contribution >= 0.6 is 46.4 Å². The van der Waals surface area contributed by atoms with Crippen LogP contribution in [0.1, 0.15) is 18.6 Å². The number of benzene rings is 1. The Morgan fingerprint density at radius 2 is 1.60 bits per heavy atom. The van der Waals surface area contributed by atoms with Crippen LogP contribution in [0.25, 0.3) is 0 Å². The molecule has 138 valence electrons. The van der Waals surface area contributed by atoms with Crippen molar-refractivity contribution < 1.29 is 23.9 Å². The highest BCUT2D eigenvalue weighted by atomic mass is 35.5. The van der Waals surface area contributed by atoms with Crippen molar-refractivity contribution in [2.24, 2.45) is 0 Å². The van der Waals surface area contributed by atoms with Crippen LogP contribution in [0.5, 0.6) is 0 Å². The summed E-state index contributed by atoms with van der Waals surface area (Å²) < 4.78 is 10.1. The van der Waals surface area contributed by atoms with Gasteiger partial charge in [0, 0.05) is 0 Å². The number of carbonyl (C=O) groups excluding carboxylic acids is 3. The van der Waals surface area contributed by atoms with Gasteiger partial charge in [0.15, 0.2) is 17.0 Å². The SMILES string of the molecule is CCOC(=O)[C@@H](NC(=O)C(Cl)Cl)[C@@H](OC(=O)C(Cl)Cl)c1ccccc1. The molecule has 25 heavy (non-hydrogen) atoms. The van der Waals surface area contributed by atoms with Gasteiger partial charge in [0.05, 0.1) is 6.61 Å². The van der Waals surface area contributed by atoms with Crippen molar-refractivity contribution in [2.45, 2.75) is 28.7 Å². The van der Waals surface area contributed by atoms with Crippen LogP contribution < -0.4 is 5.32 Å². The average Bonchev–Trinajstić information content (AvgIpc) is 2.58. The number of hydrogen-bond acceptors (Lipinski definition) is 5. The first-order chi connectivity index (χ1) is 11.8. The molecule has 1 N–H and O–H groups in total. The minimum Gasteiger partial charge on any atom is -0.464 e. The molecule has 1 aromatic rings.